The number of rotatable bonds is 5. The van der Waals surface area contributed by atoms with Crippen LogP contribution in [0, 0.1) is 0 Å². The van der Waals surface area contributed by atoms with Crippen LogP contribution >= 0.6 is 24.0 Å². The molecule has 3 heterocycles. The molecule has 2 aromatic heterocycles. The Morgan fingerprint density at radius 3 is 2.86 bits per heavy atom. The van der Waals surface area contributed by atoms with Gasteiger partial charge in [0.25, 0.3) is 5.91 Å². The van der Waals surface area contributed by atoms with E-state index in [2.05, 4.69) is 5.32 Å². The first-order valence-corrected chi connectivity index (χ1v) is 9.85. The molecule has 1 N–H and O–H groups in total. The Morgan fingerprint density at radius 2 is 2.07 bits per heavy atom. The second-order valence-corrected chi connectivity index (χ2v) is 7.83. The summed E-state index contributed by atoms with van der Waals surface area (Å²) in [7, 11) is 0. The largest absolute Gasteiger partial charge is 0.465 e. The fourth-order valence-corrected chi connectivity index (χ4v) is 4.07. The Balaban J connectivity index is 1.38. The van der Waals surface area contributed by atoms with Gasteiger partial charge in [-0.05, 0) is 36.4 Å². The molecule has 0 spiro atoms. The SMILES string of the molecule is O=C(CCN1C(=O)/C(=C/c2ccco2)SC1=S)Nc1ccc2oc(=O)ccc2c1. The van der Waals surface area contributed by atoms with Crippen LogP contribution in [0.4, 0.5) is 5.69 Å². The summed E-state index contributed by atoms with van der Waals surface area (Å²) in [6, 6.07) is 11.4. The van der Waals surface area contributed by atoms with Crippen molar-refractivity contribution >= 4 is 62.8 Å². The molecule has 0 aliphatic carbocycles. The van der Waals surface area contributed by atoms with Crippen LogP contribution < -0.4 is 10.9 Å². The standard InChI is InChI=1S/C20H14N2O5S2/c23-17(21-13-4-5-15-12(10-13)3-6-18(24)27-15)7-8-22-19(25)16(29-20(22)28)11-14-2-1-9-26-14/h1-6,9-11H,7-8H2,(H,21,23)/b16-11-. The number of amides is 2. The van der Waals surface area contributed by atoms with Gasteiger partial charge < -0.3 is 14.2 Å². The minimum atomic E-state index is -0.432. The maximum absolute atomic E-state index is 12.5. The van der Waals surface area contributed by atoms with Gasteiger partial charge in [-0.1, -0.05) is 24.0 Å². The number of hydrogen-bond donors (Lipinski definition) is 1. The Kier molecular flexibility index (Phi) is 5.32. The number of carbonyl (C=O) groups excluding carboxylic acids is 2. The van der Waals surface area contributed by atoms with Crippen molar-refractivity contribution in [1.29, 1.82) is 0 Å². The van der Waals surface area contributed by atoms with Crippen LogP contribution in [0.2, 0.25) is 0 Å². The highest BCUT2D eigenvalue weighted by atomic mass is 32.2. The Morgan fingerprint density at radius 1 is 1.21 bits per heavy atom. The van der Waals surface area contributed by atoms with Gasteiger partial charge in [0, 0.05) is 36.2 Å². The molecular weight excluding hydrogens is 412 g/mol. The molecule has 9 heteroatoms. The smallest absolute Gasteiger partial charge is 0.336 e. The molecular formula is C20H14N2O5S2. The molecule has 0 saturated carbocycles. The number of fused-ring (bicyclic) bond motifs is 1. The van der Waals surface area contributed by atoms with E-state index in [4.69, 9.17) is 21.1 Å². The highest BCUT2D eigenvalue weighted by Crippen LogP contribution is 2.32. The van der Waals surface area contributed by atoms with Gasteiger partial charge >= 0.3 is 5.63 Å². The zero-order valence-electron chi connectivity index (χ0n) is 14.9. The molecule has 2 amide bonds. The van der Waals surface area contributed by atoms with E-state index >= 15 is 0 Å². The fourth-order valence-electron chi connectivity index (χ4n) is 2.78. The van der Waals surface area contributed by atoms with Gasteiger partial charge in [0.15, 0.2) is 0 Å². The number of thiocarbonyl (C=S) groups is 1. The third kappa shape index (κ3) is 4.30. The quantitative estimate of drug-likeness (QED) is 0.378. The molecule has 1 aliphatic rings. The van der Waals surface area contributed by atoms with E-state index < -0.39 is 5.63 Å². The number of carbonyl (C=O) groups is 2. The van der Waals surface area contributed by atoms with E-state index in [1.807, 2.05) is 0 Å². The molecule has 1 fully saturated rings. The van der Waals surface area contributed by atoms with E-state index in [1.165, 1.54) is 29.0 Å². The van der Waals surface area contributed by atoms with Crippen LogP contribution in [0.1, 0.15) is 12.2 Å². The second-order valence-electron chi connectivity index (χ2n) is 6.15. The highest BCUT2D eigenvalue weighted by Gasteiger charge is 2.32. The lowest BCUT2D eigenvalue weighted by atomic mass is 10.2. The molecule has 3 aromatic rings. The number of hydrogen-bond acceptors (Lipinski definition) is 7. The van der Waals surface area contributed by atoms with Gasteiger partial charge in [0.2, 0.25) is 5.91 Å². The Bertz CT molecular complexity index is 1200. The number of nitrogens with one attached hydrogen (secondary N) is 1. The van der Waals surface area contributed by atoms with Crippen molar-refractivity contribution in [3.8, 4) is 0 Å². The Labute approximate surface area is 174 Å². The molecule has 0 atom stereocenters. The molecule has 1 aromatic carbocycles. The molecule has 0 bridgehead atoms. The van der Waals surface area contributed by atoms with Crippen LogP contribution in [0.3, 0.4) is 0 Å². The van der Waals surface area contributed by atoms with Crippen LogP contribution in [-0.4, -0.2) is 27.6 Å². The van der Waals surface area contributed by atoms with Crippen molar-refractivity contribution in [3.05, 3.63) is 69.8 Å². The minimum Gasteiger partial charge on any atom is -0.465 e. The predicted octanol–water partition coefficient (Wildman–Crippen LogP) is 3.62. The van der Waals surface area contributed by atoms with E-state index in [0.717, 1.165) is 0 Å². The zero-order valence-corrected chi connectivity index (χ0v) is 16.5. The first kappa shape index (κ1) is 19.2. The third-order valence-electron chi connectivity index (χ3n) is 4.16. The van der Waals surface area contributed by atoms with Crippen molar-refractivity contribution < 1.29 is 18.4 Å². The summed E-state index contributed by atoms with van der Waals surface area (Å²) in [4.78, 5) is 37.9. The lowest BCUT2D eigenvalue weighted by Crippen LogP contribution is -2.31. The third-order valence-corrected chi connectivity index (χ3v) is 5.53. The lowest BCUT2D eigenvalue weighted by molar-refractivity contribution is -0.122. The van der Waals surface area contributed by atoms with Crippen LogP contribution in [0.25, 0.3) is 17.0 Å². The topological polar surface area (TPSA) is 92.8 Å². The van der Waals surface area contributed by atoms with Crippen molar-refractivity contribution in [2.75, 3.05) is 11.9 Å². The lowest BCUT2D eigenvalue weighted by Gasteiger charge is -2.14. The van der Waals surface area contributed by atoms with Crippen LogP contribution in [0.5, 0.6) is 0 Å². The zero-order chi connectivity index (χ0) is 20.4. The summed E-state index contributed by atoms with van der Waals surface area (Å²) in [6.45, 7) is 0.175. The first-order chi connectivity index (χ1) is 14.0. The maximum atomic E-state index is 12.5. The van der Waals surface area contributed by atoms with Gasteiger partial charge in [0.1, 0.15) is 15.7 Å². The number of thioether (sulfide) groups is 1. The van der Waals surface area contributed by atoms with E-state index in [1.54, 1.807) is 42.5 Å². The number of benzene rings is 1. The summed E-state index contributed by atoms with van der Waals surface area (Å²) in [6.07, 6.45) is 3.24. The van der Waals surface area contributed by atoms with Gasteiger partial charge in [-0.15, -0.1) is 0 Å². The number of anilines is 1. The van der Waals surface area contributed by atoms with Gasteiger partial charge in [-0.25, -0.2) is 4.79 Å². The maximum Gasteiger partial charge on any atom is 0.336 e. The van der Waals surface area contributed by atoms with Crippen molar-refractivity contribution in [1.82, 2.24) is 4.90 Å². The summed E-state index contributed by atoms with van der Waals surface area (Å²) < 4.78 is 10.7. The van der Waals surface area contributed by atoms with E-state index in [-0.39, 0.29) is 24.8 Å². The van der Waals surface area contributed by atoms with Crippen molar-refractivity contribution in [2.45, 2.75) is 6.42 Å². The number of nitrogens with zero attached hydrogens (tertiary/aromatic N) is 1. The predicted molar refractivity (Wildman–Crippen MR) is 114 cm³/mol. The molecule has 1 aliphatic heterocycles. The normalized spacial score (nSPS) is 15.4. The van der Waals surface area contributed by atoms with E-state index in [9.17, 15) is 14.4 Å². The van der Waals surface area contributed by atoms with E-state index in [0.29, 0.717) is 31.6 Å². The van der Waals surface area contributed by atoms with Crippen molar-refractivity contribution in [2.24, 2.45) is 0 Å². The average Bonchev–Trinajstić information content (AvgIpc) is 3.29. The van der Waals surface area contributed by atoms with Gasteiger partial charge in [-0.3, -0.25) is 14.5 Å². The van der Waals surface area contributed by atoms with Gasteiger partial charge in [0.05, 0.1) is 11.2 Å². The Hall–Kier alpha value is -3.17. The summed E-state index contributed by atoms with van der Waals surface area (Å²) in [5, 5.41) is 3.47. The average molecular weight is 426 g/mol. The fraction of sp³-hybridized carbons (Fsp3) is 0.100. The monoisotopic (exact) mass is 426 g/mol. The molecule has 29 heavy (non-hydrogen) atoms. The molecule has 146 valence electrons. The van der Waals surface area contributed by atoms with Crippen LogP contribution in [0.15, 0.2) is 67.3 Å². The van der Waals surface area contributed by atoms with Gasteiger partial charge in [-0.2, -0.15) is 0 Å². The molecule has 4 rings (SSSR count). The molecule has 7 nitrogen and oxygen atoms in total. The minimum absolute atomic E-state index is 0.0857. The summed E-state index contributed by atoms with van der Waals surface area (Å²) >= 11 is 6.44. The van der Waals surface area contributed by atoms with Crippen LogP contribution in [-0.2, 0) is 9.59 Å². The highest BCUT2D eigenvalue weighted by molar-refractivity contribution is 8.26. The molecule has 0 radical (unpaired) electrons. The van der Waals surface area contributed by atoms with Crippen molar-refractivity contribution in [3.63, 3.8) is 0 Å². The summed E-state index contributed by atoms with van der Waals surface area (Å²) in [5.41, 5.74) is 0.578. The molecule has 0 unspecified atom stereocenters. The molecule has 1 saturated heterocycles. The second kappa shape index (κ2) is 8.06. The first-order valence-electron chi connectivity index (χ1n) is 8.62. The number of furan rings is 1. The summed E-state index contributed by atoms with van der Waals surface area (Å²) in [5.74, 6) is 0.0612.